The number of carboxylic acid groups (broad SMARTS) is 3. The summed E-state index contributed by atoms with van der Waals surface area (Å²) < 4.78 is 0. The van der Waals surface area contributed by atoms with Crippen molar-refractivity contribution in [1.29, 1.82) is 0 Å². The van der Waals surface area contributed by atoms with Crippen LogP contribution in [0.25, 0.3) is 0 Å². The molecular formula is C40H76O7. The van der Waals surface area contributed by atoms with Gasteiger partial charge in [-0.15, -0.1) is 0 Å². The quantitative estimate of drug-likeness (QED) is 0.0488. The summed E-state index contributed by atoms with van der Waals surface area (Å²) in [6.07, 6.45) is 30.8. The molecule has 278 valence electrons. The fraction of sp³-hybridized carbons (Fsp3) is 0.925. The Morgan fingerprint density at radius 3 is 1.02 bits per heavy atom. The van der Waals surface area contributed by atoms with Crippen molar-refractivity contribution in [2.24, 2.45) is 11.3 Å². The van der Waals surface area contributed by atoms with Gasteiger partial charge in [0, 0.05) is 0 Å². The first-order valence-corrected chi connectivity index (χ1v) is 19.9. The summed E-state index contributed by atoms with van der Waals surface area (Å²) in [7, 11) is 0. The van der Waals surface area contributed by atoms with Crippen molar-refractivity contribution < 1.29 is 34.8 Å². The van der Waals surface area contributed by atoms with Crippen molar-refractivity contribution in [2.45, 2.75) is 225 Å². The lowest BCUT2D eigenvalue weighted by molar-refractivity contribution is -0.196. The fourth-order valence-corrected chi connectivity index (χ4v) is 7.14. The van der Waals surface area contributed by atoms with Crippen LogP contribution in [0.4, 0.5) is 0 Å². The van der Waals surface area contributed by atoms with E-state index in [0.29, 0.717) is 12.8 Å². The normalized spacial score (nSPS) is 14.2. The highest BCUT2D eigenvalue weighted by atomic mass is 16.4. The van der Waals surface area contributed by atoms with Crippen molar-refractivity contribution in [1.82, 2.24) is 0 Å². The third kappa shape index (κ3) is 21.9. The maximum atomic E-state index is 12.7. The second kappa shape index (κ2) is 29.3. The lowest BCUT2D eigenvalue weighted by Crippen LogP contribution is -2.59. The summed E-state index contributed by atoms with van der Waals surface area (Å²) in [6.45, 7) is 6.80. The Hall–Kier alpha value is -1.63. The molecule has 0 amide bonds. The molecule has 2 unspecified atom stereocenters. The molecule has 7 nitrogen and oxygen atoms in total. The summed E-state index contributed by atoms with van der Waals surface area (Å²) >= 11 is 0. The van der Waals surface area contributed by atoms with E-state index in [1.54, 1.807) is 0 Å². The van der Waals surface area contributed by atoms with Crippen molar-refractivity contribution in [3.63, 3.8) is 0 Å². The van der Waals surface area contributed by atoms with Crippen LogP contribution in [0, 0.1) is 11.3 Å². The SMILES string of the molecule is CCCCCCCCCCCCCCCCC(CCCCCCCCCCCCCCCC(C)C)(C(=O)O)C(O)(CC(=O)O)C(=O)O. The Kier molecular flexibility index (Phi) is 28.3. The number of rotatable bonds is 36. The molecule has 0 aliphatic rings. The van der Waals surface area contributed by atoms with Gasteiger partial charge in [-0.2, -0.15) is 0 Å². The zero-order valence-electron chi connectivity index (χ0n) is 31.0. The van der Waals surface area contributed by atoms with Crippen LogP contribution in [-0.2, 0) is 14.4 Å². The average molecular weight is 669 g/mol. The molecule has 0 aromatic carbocycles. The van der Waals surface area contributed by atoms with Crippen molar-refractivity contribution in [2.75, 3.05) is 0 Å². The zero-order chi connectivity index (χ0) is 35.2. The Morgan fingerprint density at radius 1 is 0.468 bits per heavy atom. The molecule has 0 aliphatic carbocycles. The molecule has 7 heteroatoms. The standard InChI is InChI=1S/C40H76O7/c1-4-5-6-7-8-9-10-11-14-17-20-23-26-29-32-39(37(43)44,40(47,38(45)46)34-36(41)42)33-30-27-24-21-18-15-12-13-16-19-22-25-28-31-35(2)3/h35,47H,4-34H2,1-3H3,(H,41,42)(H,43,44)(H,45,46). The van der Waals surface area contributed by atoms with Gasteiger partial charge in [-0.3, -0.25) is 9.59 Å². The summed E-state index contributed by atoms with van der Waals surface area (Å²) in [5.74, 6) is -3.87. The lowest BCUT2D eigenvalue weighted by atomic mass is 9.64. The van der Waals surface area contributed by atoms with Crippen LogP contribution in [0.15, 0.2) is 0 Å². The molecule has 47 heavy (non-hydrogen) atoms. The first-order valence-electron chi connectivity index (χ1n) is 19.9. The minimum absolute atomic E-state index is 0.0336. The molecule has 0 rings (SSSR count). The number of hydrogen-bond acceptors (Lipinski definition) is 4. The van der Waals surface area contributed by atoms with Gasteiger partial charge in [-0.1, -0.05) is 201 Å². The maximum absolute atomic E-state index is 12.7. The smallest absolute Gasteiger partial charge is 0.337 e. The molecule has 4 N–H and O–H groups in total. The topological polar surface area (TPSA) is 132 Å². The number of aliphatic hydroxyl groups is 1. The van der Waals surface area contributed by atoms with Crippen LogP contribution in [0.1, 0.15) is 220 Å². The Balaban J connectivity index is 4.55. The van der Waals surface area contributed by atoms with Gasteiger partial charge in [-0.25, -0.2) is 4.79 Å². The van der Waals surface area contributed by atoms with E-state index < -0.39 is 35.3 Å². The summed E-state index contributed by atoms with van der Waals surface area (Å²) in [4.78, 5) is 36.5. The van der Waals surface area contributed by atoms with Crippen molar-refractivity contribution in [3.05, 3.63) is 0 Å². The van der Waals surface area contributed by atoms with Crippen LogP contribution in [0.3, 0.4) is 0 Å². The number of unbranched alkanes of at least 4 members (excludes halogenated alkanes) is 25. The van der Waals surface area contributed by atoms with Crippen molar-refractivity contribution in [3.8, 4) is 0 Å². The van der Waals surface area contributed by atoms with Crippen LogP contribution in [0.2, 0.25) is 0 Å². The summed E-state index contributed by atoms with van der Waals surface area (Å²) in [5, 5.41) is 40.9. The molecule has 0 saturated carbocycles. The Labute approximate surface area is 289 Å². The first kappa shape index (κ1) is 45.4. The predicted octanol–water partition coefficient (Wildman–Crippen LogP) is 11.7. The lowest BCUT2D eigenvalue weighted by Gasteiger charge is -2.41. The van der Waals surface area contributed by atoms with E-state index in [4.69, 9.17) is 0 Å². The molecule has 0 saturated heterocycles. The van der Waals surface area contributed by atoms with E-state index >= 15 is 0 Å². The molecular weight excluding hydrogens is 592 g/mol. The molecule has 0 aliphatic heterocycles. The van der Waals surface area contributed by atoms with E-state index in [1.807, 2.05) is 0 Å². The van der Waals surface area contributed by atoms with Crippen LogP contribution < -0.4 is 0 Å². The average Bonchev–Trinajstić information content (AvgIpc) is 3.01. The third-order valence-electron chi connectivity index (χ3n) is 10.3. The fourth-order valence-electron chi connectivity index (χ4n) is 7.14. The molecule has 0 bridgehead atoms. The molecule has 0 fully saturated rings. The number of carbonyl (C=O) groups is 3. The highest BCUT2D eigenvalue weighted by Gasteiger charge is 2.61. The number of aliphatic carboxylic acids is 3. The van der Waals surface area contributed by atoms with Gasteiger partial charge in [0.25, 0.3) is 0 Å². The summed E-state index contributed by atoms with van der Waals surface area (Å²) in [5.41, 5.74) is -4.88. The minimum Gasteiger partial charge on any atom is -0.481 e. The van der Waals surface area contributed by atoms with Gasteiger partial charge in [0.05, 0.1) is 6.42 Å². The molecule has 0 spiro atoms. The highest BCUT2D eigenvalue weighted by Crippen LogP contribution is 2.45. The van der Waals surface area contributed by atoms with E-state index in [0.717, 1.165) is 57.3 Å². The Bertz CT molecular complexity index is 783. The largest absolute Gasteiger partial charge is 0.481 e. The highest BCUT2D eigenvalue weighted by molar-refractivity contribution is 5.92. The number of carboxylic acids is 3. The van der Waals surface area contributed by atoms with Gasteiger partial charge in [0.15, 0.2) is 5.60 Å². The second-order valence-electron chi connectivity index (χ2n) is 15.0. The molecule has 0 aromatic heterocycles. The number of hydrogen-bond donors (Lipinski definition) is 4. The van der Waals surface area contributed by atoms with Crippen LogP contribution in [0.5, 0.6) is 0 Å². The van der Waals surface area contributed by atoms with E-state index in [1.165, 1.54) is 116 Å². The zero-order valence-corrected chi connectivity index (χ0v) is 31.0. The van der Waals surface area contributed by atoms with Crippen LogP contribution in [-0.4, -0.2) is 43.9 Å². The predicted molar refractivity (Wildman–Crippen MR) is 194 cm³/mol. The molecule has 0 heterocycles. The van der Waals surface area contributed by atoms with Gasteiger partial charge in [-0.05, 0) is 18.8 Å². The van der Waals surface area contributed by atoms with E-state index in [-0.39, 0.29) is 12.8 Å². The Morgan fingerprint density at radius 2 is 0.766 bits per heavy atom. The van der Waals surface area contributed by atoms with Gasteiger partial charge in [0.1, 0.15) is 5.41 Å². The van der Waals surface area contributed by atoms with Gasteiger partial charge < -0.3 is 20.4 Å². The molecule has 0 aromatic rings. The van der Waals surface area contributed by atoms with Gasteiger partial charge in [0.2, 0.25) is 0 Å². The van der Waals surface area contributed by atoms with E-state index in [2.05, 4.69) is 20.8 Å². The minimum atomic E-state index is -2.85. The summed E-state index contributed by atoms with van der Waals surface area (Å²) in [6, 6.07) is 0. The van der Waals surface area contributed by atoms with Gasteiger partial charge >= 0.3 is 17.9 Å². The van der Waals surface area contributed by atoms with Crippen molar-refractivity contribution >= 4 is 17.9 Å². The van der Waals surface area contributed by atoms with Crippen LogP contribution >= 0.6 is 0 Å². The second-order valence-corrected chi connectivity index (χ2v) is 15.0. The maximum Gasteiger partial charge on any atom is 0.337 e. The first-order chi connectivity index (χ1) is 22.5. The monoisotopic (exact) mass is 669 g/mol. The van der Waals surface area contributed by atoms with E-state index in [9.17, 15) is 34.8 Å². The molecule has 2 atom stereocenters. The molecule has 0 radical (unpaired) electrons. The third-order valence-corrected chi connectivity index (χ3v) is 10.3.